The Labute approximate surface area is 659 Å². The van der Waals surface area contributed by atoms with Crippen LogP contribution in [0.3, 0.4) is 0 Å². The fourth-order valence-electron chi connectivity index (χ4n) is 12.1. The molecule has 0 radical (unpaired) electrons. The lowest BCUT2D eigenvalue weighted by Gasteiger charge is -2.26. The molecule has 9 nitrogen and oxygen atoms in total. The molecule has 0 amide bonds. The first-order chi connectivity index (χ1) is 52.6. The molecule has 0 aromatic rings. The highest BCUT2D eigenvalue weighted by molar-refractivity contribution is 5.70. The van der Waals surface area contributed by atoms with Gasteiger partial charge in [-0.3, -0.25) is 9.59 Å². The van der Waals surface area contributed by atoms with Gasteiger partial charge in [0.25, 0.3) is 0 Å². The second-order valence-electron chi connectivity index (χ2n) is 30.1. The van der Waals surface area contributed by atoms with Gasteiger partial charge in [-0.15, -0.1) is 0 Å². The number of quaternary nitrogens is 1. The van der Waals surface area contributed by atoms with Crippen LogP contribution in [-0.2, 0) is 33.3 Å². The molecule has 107 heavy (non-hydrogen) atoms. The van der Waals surface area contributed by atoms with E-state index in [2.05, 4.69) is 196 Å². The molecule has 608 valence electrons. The molecule has 0 heterocycles. The van der Waals surface area contributed by atoms with E-state index in [1.54, 1.807) is 0 Å². The van der Waals surface area contributed by atoms with E-state index < -0.39 is 24.3 Å². The number of carboxylic acids is 1. The predicted octanol–water partition coefficient (Wildman–Crippen LogP) is 27.7. The van der Waals surface area contributed by atoms with E-state index in [4.69, 9.17) is 18.9 Å². The molecule has 0 aliphatic rings. The Morgan fingerprint density at radius 1 is 0.280 bits per heavy atom. The van der Waals surface area contributed by atoms with Crippen molar-refractivity contribution in [2.24, 2.45) is 0 Å². The lowest BCUT2D eigenvalue weighted by molar-refractivity contribution is -0.870. The normalized spacial score (nSPS) is 13.5. The molecule has 0 spiro atoms. The third-order valence-electron chi connectivity index (χ3n) is 18.6. The Morgan fingerprint density at radius 3 is 0.748 bits per heavy atom. The number of nitrogens with zero attached hydrogens (tertiary/aromatic N) is 1. The van der Waals surface area contributed by atoms with E-state index in [9.17, 15) is 19.5 Å². The average molecular weight is 1480 g/mol. The minimum atomic E-state index is -1.63. The molecule has 0 aliphatic heterocycles. The molecule has 0 aliphatic carbocycles. The van der Waals surface area contributed by atoms with Crippen LogP contribution < -0.4 is 5.11 Å². The van der Waals surface area contributed by atoms with Crippen molar-refractivity contribution in [3.05, 3.63) is 182 Å². The van der Waals surface area contributed by atoms with Crippen molar-refractivity contribution in [1.82, 2.24) is 0 Å². The highest BCUT2D eigenvalue weighted by Gasteiger charge is 2.22. The maximum atomic E-state index is 13.0. The molecule has 0 N–H and O–H groups in total. The summed E-state index contributed by atoms with van der Waals surface area (Å²) in [5.41, 5.74) is 0. The number of likely N-dealkylation sites (N-methyl/N-ethyl adjacent to an activating group) is 1. The van der Waals surface area contributed by atoms with Gasteiger partial charge in [-0.2, -0.15) is 0 Å². The molecule has 0 rings (SSSR count). The van der Waals surface area contributed by atoms with Gasteiger partial charge in [0, 0.05) is 12.8 Å². The summed E-state index contributed by atoms with van der Waals surface area (Å²) in [7, 11) is 5.94. The molecule has 9 heteroatoms. The van der Waals surface area contributed by atoms with Crippen molar-refractivity contribution >= 4 is 17.9 Å². The monoisotopic (exact) mass is 1480 g/mol. The van der Waals surface area contributed by atoms with Gasteiger partial charge in [-0.25, -0.2) is 0 Å². The lowest BCUT2D eigenvalue weighted by atomic mass is 10.0. The van der Waals surface area contributed by atoms with Crippen LogP contribution in [0.1, 0.15) is 361 Å². The first kappa shape index (κ1) is 101. The molecular weight excluding hydrogens is 1320 g/mol. The van der Waals surface area contributed by atoms with Crippen LogP contribution in [0.25, 0.3) is 0 Å². The van der Waals surface area contributed by atoms with Gasteiger partial charge in [0.1, 0.15) is 13.2 Å². The lowest BCUT2D eigenvalue weighted by Crippen LogP contribution is -2.44. The van der Waals surface area contributed by atoms with Crippen molar-refractivity contribution in [3.63, 3.8) is 0 Å². The van der Waals surface area contributed by atoms with Gasteiger partial charge >= 0.3 is 11.9 Å². The Morgan fingerprint density at radius 2 is 0.505 bits per heavy atom. The van der Waals surface area contributed by atoms with E-state index in [-0.39, 0.29) is 38.6 Å². The smallest absolute Gasteiger partial charge is 0.306 e. The second kappa shape index (κ2) is 86.0. The summed E-state index contributed by atoms with van der Waals surface area (Å²) in [5.74, 6) is -2.28. The van der Waals surface area contributed by atoms with Gasteiger partial charge in [0.05, 0.1) is 40.3 Å². The summed E-state index contributed by atoms with van der Waals surface area (Å²) in [6, 6.07) is 0. The van der Waals surface area contributed by atoms with Crippen LogP contribution in [0, 0.1) is 0 Å². The molecule has 2 atom stereocenters. The number of ether oxygens (including phenoxy) is 4. The topological polar surface area (TPSA) is 111 Å². The first-order valence-electron chi connectivity index (χ1n) is 43.9. The van der Waals surface area contributed by atoms with Crippen molar-refractivity contribution in [2.75, 3.05) is 47.5 Å². The van der Waals surface area contributed by atoms with Gasteiger partial charge in [0.2, 0.25) is 0 Å². The Balaban J connectivity index is 4.02. The largest absolute Gasteiger partial charge is 0.545 e. The second-order valence-corrected chi connectivity index (χ2v) is 30.1. The summed E-state index contributed by atoms with van der Waals surface area (Å²) in [6.45, 7) is 4.54. The fraction of sp³-hybridized carbons (Fsp3) is 0.663. The maximum absolute atomic E-state index is 13.0. The number of hydrogen-bond acceptors (Lipinski definition) is 8. The zero-order chi connectivity index (χ0) is 77.4. The summed E-state index contributed by atoms with van der Waals surface area (Å²) in [4.78, 5) is 37.7. The van der Waals surface area contributed by atoms with Crippen molar-refractivity contribution in [2.45, 2.75) is 373 Å². The minimum Gasteiger partial charge on any atom is -0.545 e. The van der Waals surface area contributed by atoms with Crippen LogP contribution in [-0.4, -0.2) is 82.3 Å². The van der Waals surface area contributed by atoms with Crippen molar-refractivity contribution in [1.29, 1.82) is 0 Å². The summed E-state index contributed by atoms with van der Waals surface area (Å²) >= 11 is 0. The Kier molecular flexibility index (Phi) is 81.5. The number of aliphatic carboxylic acids is 1. The number of hydrogen-bond donors (Lipinski definition) is 0. The van der Waals surface area contributed by atoms with E-state index in [1.807, 2.05) is 21.1 Å². The molecule has 0 saturated carbocycles. The van der Waals surface area contributed by atoms with E-state index >= 15 is 0 Å². The summed E-state index contributed by atoms with van der Waals surface area (Å²) < 4.78 is 22.9. The standard InChI is InChI=1S/C98H163NO8/c1-6-8-10-12-14-16-18-20-22-24-26-28-30-32-34-36-38-40-42-44-46-48-50-52-54-56-58-60-62-64-66-68-70-72-74-76-78-80-82-84-86-88-95(100)105-92-94(93-106-98(97(102)103)104-91-90-99(3,4)5)107-96(101)89-87-85-83-81-79-77-75-73-71-69-67-65-63-61-59-57-55-53-51-49-47-45-43-41-39-37-35-33-31-29-27-25-23-21-19-17-15-13-11-9-7-2/h8-11,14-17,20-23,26-29,32-35,39,41,45,47,51,53,57,59,63,65,94,98H,6-7,12-13,18-19,24-25,30-31,36-38,40,42-44,46,48-50,52,54-56,58,60-62,64,66-93H2,1-5H3/b10-8-,11-9-,16-14-,17-15-,22-20-,23-21-,28-26-,29-27-,34-32-,35-33-,41-39-,47-45-,53-51-,59-57-,65-63-. The maximum Gasteiger partial charge on any atom is 0.306 e. The van der Waals surface area contributed by atoms with Crippen molar-refractivity contribution in [3.8, 4) is 0 Å². The third kappa shape index (κ3) is 87.5. The van der Waals surface area contributed by atoms with Gasteiger partial charge < -0.3 is 33.3 Å². The van der Waals surface area contributed by atoms with E-state index in [1.165, 1.54) is 186 Å². The molecular formula is C98H163NO8. The zero-order valence-electron chi connectivity index (χ0n) is 69.7. The number of carbonyl (C=O) groups is 3. The molecule has 0 aromatic heterocycles. The Hall–Kier alpha value is -5.61. The highest BCUT2D eigenvalue weighted by Crippen LogP contribution is 2.19. The van der Waals surface area contributed by atoms with Gasteiger partial charge in [-0.1, -0.05) is 395 Å². The molecule has 0 fully saturated rings. The molecule has 0 aromatic carbocycles. The zero-order valence-corrected chi connectivity index (χ0v) is 69.7. The third-order valence-corrected chi connectivity index (χ3v) is 18.6. The van der Waals surface area contributed by atoms with Crippen molar-refractivity contribution < 1.29 is 42.9 Å². The van der Waals surface area contributed by atoms with Crippen LogP contribution >= 0.6 is 0 Å². The summed E-state index contributed by atoms with van der Waals surface area (Å²) in [6.07, 6.45) is 128. The SMILES string of the molecule is CC/C=C\C/C=C\C/C=C\C/C=C\C/C=C\C/C=C\C/C=C\C/C=C\C/C=C\C/C=C\CCCCCCCCCCCCC(=O)OC(COC(=O)CCCCCCCCCCCCCCCCCCCCCCCCCCC/C=C\C/C=C\C/C=C\C/C=C\C/C=C\CC)COC(OCC[N+](C)(C)C)C(=O)[O-]. The number of carboxylic acid groups (broad SMARTS) is 1. The predicted molar refractivity (Wildman–Crippen MR) is 462 cm³/mol. The molecule has 2 unspecified atom stereocenters. The number of rotatable bonds is 80. The van der Waals surface area contributed by atoms with Gasteiger partial charge in [0.15, 0.2) is 12.4 Å². The van der Waals surface area contributed by atoms with Crippen LogP contribution in [0.5, 0.6) is 0 Å². The highest BCUT2D eigenvalue weighted by atomic mass is 16.7. The van der Waals surface area contributed by atoms with E-state index in [0.29, 0.717) is 17.4 Å². The number of carbonyl (C=O) groups excluding carboxylic acids is 3. The van der Waals surface area contributed by atoms with Crippen LogP contribution in [0.4, 0.5) is 0 Å². The van der Waals surface area contributed by atoms with Gasteiger partial charge in [-0.05, 0) is 135 Å². The average Bonchev–Trinajstić information content (AvgIpc) is 0.965. The fourth-order valence-corrected chi connectivity index (χ4v) is 12.1. The van der Waals surface area contributed by atoms with Crippen LogP contribution in [0.2, 0.25) is 0 Å². The number of allylic oxidation sites excluding steroid dienone is 30. The number of unbranched alkanes of at least 4 members (excludes halogenated alkanes) is 35. The van der Waals surface area contributed by atoms with Crippen LogP contribution in [0.15, 0.2) is 182 Å². The number of esters is 2. The quantitative estimate of drug-likeness (QED) is 0.0195. The van der Waals surface area contributed by atoms with E-state index in [0.717, 1.165) is 141 Å². The minimum absolute atomic E-state index is 0.141. The molecule has 0 bridgehead atoms. The molecule has 0 saturated heterocycles. The Bertz CT molecular complexity index is 2430. The first-order valence-corrected chi connectivity index (χ1v) is 43.9. The summed E-state index contributed by atoms with van der Waals surface area (Å²) in [5, 5.41) is 11.9.